The van der Waals surface area contributed by atoms with Crippen molar-refractivity contribution in [1.82, 2.24) is 14.9 Å². The van der Waals surface area contributed by atoms with E-state index < -0.39 is 36.1 Å². The number of benzene rings is 1. The molecule has 2 aliphatic heterocycles. The molecule has 0 unspecified atom stereocenters. The molecule has 16 heteroatoms. The summed E-state index contributed by atoms with van der Waals surface area (Å²) in [4.78, 5) is 33.3. The fraction of sp³-hybridized carbons (Fsp3) is 0.520. The van der Waals surface area contributed by atoms with Gasteiger partial charge in [0, 0.05) is 51.0 Å². The third-order valence-electron chi connectivity index (χ3n) is 6.09. The van der Waals surface area contributed by atoms with Gasteiger partial charge in [0.25, 0.3) is 5.91 Å². The monoisotopic (exact) mass is 595 g/mol. The van der Waals surface area contributed by atoms with Crippen LogP contribution in [0.5, 0.6) is 5.75 Å². The Kier molecular flexibility index (Phi) is 10.2. The van der Waals surface area contributed by atoms with Gasteiger partial charge in [-0.15, -0.1) is 0 Å². The van der Waals surface area contributed by atoms with E-state index in [-0.39, 0.29) is 31.0 Å². The number of amides is 1. The smallest absolute Gasteiger partial charge is 0.487 e. The van der Waals surface area contributed by atoms with E-state index in [1.165, 1.54) is 6.07 Å². The van der Waals surface area contributed by atoms with Gasteiger partial charge in [0.15, 0.2) is 23.2 Å². The van der Waals surface area contributed by atoms with Gasteiger partial charge in [0.1, 0.15) is 11.9 Å². The lowest BCUT2D eigenvalue weighted by molar-refractivity contribution is -0.192. The SMILES string of the molecule is CC(C)Nc1nc2c(nc1N1CCC(Oc3ccc(F)cc3F)CC1)CCN(C(=O)C(F)F)C2.O=C(O)C(F)(F)F. The van der Waals surface area contributed by atoms with Crippen LogP contribution < -0.4 is 15.0 Å². The second-order valence-corrected chi connectivity index (χ2v) is 9.58. The summed E-state index contributed by atoms with van der Waals surface area (Å²) in [6.07, 6.45) is -6.80. The maximum atomic E-state index is 13.9. The van der Waals surface area contributed by atoms with Gasteiger partial charge in [-0.25, -0.2) is 23.5 Å². The van der Waals surface area contributed by atoms with E-state index in [0.717, 1.165) is 17.0 Å². The number of rotatable bonds is 6. The first kappa shape index (κ1) is 31.7. The zero-order chi connectivity index (χ0) is 30.5. The number of hydrogen-bond acceptors (Lipinski definition) is 7. The summed E-state index contributed by atoms with van der Waals surface area (Å²) in [6, 6.07) is 3.30. The minimum atomic E-state index is -5.08. The summed E-state index contributed by atoms with van der Waals surface area (Å²) in [7, 11) is 0. The summed E-state index contributed by atoms with van der Waals surface area (Å²) in [5.41, 5.74) is 1.20. The van der Waals surface area contributed by atoms with Crippen molar-refractivity contribution in [2.24, 2.45) is 0 Å². The molecule has 2 N–H and O–H groups in total. The van der Waals surface area contributed by atoms with Crippen LogP contribution >= 0.6 is 0 Å². The number of fused-ring (bicyclic) bond motifs is 1. The molecule has 1 fully saturated rings. The molecule has 0 aliphatic carbocycles. The van der Waals surface area contributed by atoms with Crippen LogP contribution in [0.2, 0.25) is 0 Å². The molecular formula is C25H28F7N5O4. The van der Waals surface area contributed by atoms with E-state index in [4.69, 9.17) is 19.6 Å². The fourth-order valence-electron chi connectivity index (χ4n) is 4.17. The lowest BCUT2D eigenvalue weighted by atomic mass is 10.1. The number of aliphatic carboxylic acids is 1. The van der Waals surface area contributed by atoms with Gasteiger partial charge >= 0.3 is 18.6 Å². The van der Waals surface area contributed by atoms with Gasteiger partial charge in [-0.2, -0.15) is 22.0 Å². The number of alkyl halides is 5. The number of nitrogens with one attached hydrogen (secondary N) is 1. The third kappa shape index (κ3) is 8.57. The molecule has 0 radical (unpaired) electrons. The van der Waals surface area contributed by atoms with Crippen molar-refractivity contribution in [3.05, 3.63) is 41.2 Å². The molecule has 226 valence electrons. The normalized spacial score (nSPS) is 15.8. The van der Waals surface area contributed by atoms with Crippen LogP contribution in [0.25, 0.3) is 0 Å². The minimum Gasteiger partial charge on any atom is -0.487 e. The number of nitrogens with zero attached hydrogens (tertiary/aromatic N) is 4. The lowest BCUT2D eigenvalue weighted by Gasteiger charge is -2.35. The van der Waals surface area contributed by atoms with Crippen LogP contribution in [-0.2, 0) is 22.6 Å². The molecule has 41 heavy (non-hydrogen) atoms. The van der Waals surface area contributed by atoms with Crippen molar-refractivity contribution in [2.75, 3.05) is 29.9 Å². The molecule has 3 heterocycles. The van der Waals surface area contributed by atoms with Crippen LogP contribution in [0.4, 0.5) is 42.4 Å². The molecule has 1 saturated heterocycles. The first-order chi connectivity index (χ1) is 19.1. The maximum Gasteiger partial charge on any atom is 0.490 e. The number of ether oxygens (including phenoxy) is 1. The highest BCUT2D eigenvalue weighted by Gasteiger charge is 2.38. The van der Waals surface area contributed by atoms with Gasteiger partial charge in [-0.05, 0) is 26.0 Å². The van der Waals surface area contributed by atoms with Crippen molar-refractivity contribution in [3.63, 3.8) is 0 Å². The Morgan fingerprint density at radius 2 is 1.71 bits per heavy atom. The largest absolute Gasteiger partial charge is 0.490 e. The molecule has 2 aromatic rings. The predicted octanol–water partition coefficient (Wildman–Crippen LogP) is 4.41. The Hall–Kier alpha value is -3.85. The van der Waals surface area contributed by atoms with E-state index in [9.17, 15) is 35.5 Å². The fourth-order valence-corrected chi connectivity index (χ4v) is 4.17. The summed E-state index contributed by atoms with van der Waals surface area (Å²) < 4.78 is 90.3. The first-order valence-electron chi connectivity index (χ1n) is 12.6. The maximum absolute atomic E-state index is 13.9. The van der Waals surface area contributed by atoms with E-state index in [1.807, 2.05) is 13.8 Å². The van der Waals surface area contributed by atoms with Gasteiger partial charge in [0.05, 0.1) is 17.9 Å². The average Bonchev–Trinajstić information content (AvgIpc) is 2.89. The second kappa shape index (κ2) is 13.2. The Balaban J connectivity index is 0.000000587. The molecule has 1 aromatic carbocycles. The highest BCUT2D eigenvalue weighted by molar-refractivity contribution is 5.79. The molecule has 1 aromatic heterocycles. The van der Waals surface area contributed by atoms with E-state index >= 15 is 0 Å². The minimum absolute atomic E-state index is 0.00227. The Bertz CT molecular complexity index is 1240. The Labute approximate surface area is 230 Å². The zero-order valence-electron chi connectivity index (χ0n) is 22.0. The van der Waals surface area contributed by atoms with Gasteiger partial charge in [0.2, 0.25) is 0 Å². The molecule has 0 spiro atoms. The van der Waals surface area contributed by atoms with E-state index in [2.05, 4.69) is 15.2 Å². The number of carbonyl (C=O) groups is 2. The number of carbonyl (C=O) groups excluding carboxylic acids is 1. The number of hydrogen-bond donors (Lipinski definition) is 2. The molecule has 1 amide bonds. The first-order valence-corrected chi connectivity index (χ1v) is 12.6. The van der Waals surface area contributed by atoms with Crippen LogP contribution in [0.15, 0.2) is 18.2 Å². The van der Waals surface area contributed by atoms with Crippen LogP contribution in [0.3, 0.4) is 0 Å². The second-order valence-electron chi connectivity index (χ2n) is 9.58. The van der Waals surface area contributed by atoms with Crippen molar-refractivity contribution < 1.29 is 50.2 Å². The number of carboxylic acids is 1. The number of halogens is 7. The highest BCUT2D eigenvalue weighted by Crippen LogP contribution is 2.31. The van der Waals surface area contributed by atoms with Crippen molar-refractivity contribution in [1.29, 1.82) is 0 Å². The van der Waals surface area contributed by atoms with Crippen molar-refractivity contribution in [3.8, 4) is 5.75 Å². The molecule has 9 nitrogen and oxygen atoms in total. The van der Waals surface area contributed by atoms with Crippen molar-refractivity contribution in [2.45, 2.75) is 64.4 Å². The zero-order valence-corrected chi connectivity index (χ0v) is 22.0. The summed E-state index contributed by atoms with van der Waals surface area (Å²) >= 11 is 0. The topological polar surface area (TPSA) is 108 Å². The molecular weight excluding hydrogens is 567 g/mol. The van der Waals surface area contributed by atoms with Crippen LogP contribution in [0.1, 0.15) is 38.1 Å². The highest BCUT2D eigenvalue weighted by atomic mass is 19.4. The molecule has 0 bridgehead atoms. The van der Waals surface area contributed by atoms with Crippen LogP contribution in [-0.4, -0.2) is 76.2 Å². The summed E-state index contributed by atoms with van der Waals surface area (Å²) in [5.74, 6) is -4.12. The number of aromatic nitrogens is 2. The van der Waals surface area contributed by atoms with E-state index in [1.54, 1.807) is 0 Å². The number of anilines is 2. The molecule has 4 rings (SSSR count). The Morgan fingerprint density at radius 3 is 2.24 bits per heavy atom. The summed E-state index contributed by atoms with van der Waals surface area (Å²) in [5, 5.41) is 10.4. The molecule has 0 atom stereocenters. The Morgan fingerprint density at radius 1 is 1.07 bits per heavy atom. The standard InChI is InChI=1S/C23H27F4N5O2.C2HF3O2/c1-13(2)28-21-22(30-17-7-10-32(12-18(17)29-21)23(33)20(26)27)31-8-5-15(6-9-31)34-19-4-3-14(24)11-16(19)25;3-2(4,5)1(6)7/h3-4,11,13,15,20H,5-10,12H2,1-2H3,(H,28,29);(H,6,7). The van der Waals surface area contributed by atoms with Crippen LogP contribution in [0, 0.1) is 11.6 Å². The van der Waals surface area contributed by atoms with Gasteiger partial charge < -0.3 is 25.0 Å². The third-order valence-corrected chi connectivity index (χ3v) is 6.09. The number of piperidine rings is 1. The lowest BCUT2D eigenvalue weighted by Crippen LogP contribution is -2.42. The molecule has 0 saturated carbocycles. The quantitative estimate of drug-likeness (QED) is 0.474. The van der Waals surface area contributed by atoms with Gasteiger partial charge in [-0.1, -0.05) is 0 Å². The number of carboxylic acid groups (broad SMARTS) is 1. The van der Waals surface area contributed by atoms with Crippen molar-refractivity contribution >= 4 is 23.5 Å². The summed E-state index contributed by atoms with van der Waals surface area (Å²) in [6.45, 7) is 5.25. The predicted molar refractivity (Wildman–Crippen MR) is 132 cm³/mol. The average molecular weight is 596 g/mol. The van der Waals surface area contributed by atoms with Gasteiger partial charge in [-0.3, -0.25) is 4.79 Å². The molecule has 2 aliphatic rings. The van der Waals surface area contributed by atoms with E-state index in [0.29, 0.717) is 55.4 Å².